The third-order valence-electron chi connectivity index (χ3n) is 5.42. The molecule has 3 heterocycles. The number of imidazole rings is 2. The van der Waals surface area contributed by atoms with Crippen molar-refractivity contribution in [2.75, 3.05) is 6.61 Å². The highest BCUT2D eigenvalue weighted by molar-refractivity contribution is 5.76. The average molecular weight is 399 g/mol. The molecule has 0 amide bonds. The molecular weight excluding hydrogens is 377 g/mol. The molecule has 8 nitrogen and oxygen atoms in total. The van der Waals surface area contributed by atoms with Crippen LogP contribution in [0.3, 0.4) is 0 Å². The Morgan fingerprint density at radius 1 is 1.07 bits per heavy atom. The molecule has 0 aliphatic carbocycles. The van der Waals surface area contributed by atoms with Crippen LogP contribution < -0.4 is 11.2 Å². The molecule has 0 saturated heterocycles. The minimum Gasteiger partial charge on any atom is -0.396 e. The van der Waals surface area contributed by atoms with Gasteiger partial charge in [0.2, 0.25) is 5.78 Å². The third-order valence-corrected chi connectivity index (χ3v) is 5.42. The number of halogens is 1. The van der Waals surface area contributed by atoms with E-state index in [-0.39, 0.29) is 19.0 Å². The highest BCUT2D eigenvalue weighted by atomic mass is 19.1. The van der Waals surface area contributed by atoms with E-state index >= 15 is 0 Å². The zero-order valence-electron chi connectivity index (χ0n) is 16.5. The van der Waals surface area contributed by atoms with Crippen LogP contribution in [0.15, 0.2) is 33.9 Å². The molecule has 0 atom stereocenters. The Hall–Kier alpha value is -3.20. The SMILES string of the molecule is Cc1c(C)n2c3c(=O)n(Cc4ccc(F)cc4)c(=O)n(C)c3nc2n1CCCO. The van der Waals surface area contributed by atoms with E-state index in [9.17, 15) is 19.1 Å². The fraction of sp³-hybridized carbons (Fsp3) is 0.350. The average Bonchev–Trinajstić information content (AvgIpc) is 3.20. The van der Waals surface area contributed by atoms with Gasteiger partial charge in [0.05, 0.1) is 6.54 Å². The largest absolute Gasteiger partial charge is 0.396 e. The number of benzene rings is 1. The van der Waals surface area contributed by atoms with Crippen molar-refractivity contribution < 1.29 is 9.50 Å². The quantitative estimate of drug-likeness (QED) is 0.549. The summed E-state index contributed by atoms with van der Waals surface area (Å²) in [5, 5.41) is 9.19. The van der Waals surface area contributed by atoms with Gasteiger partial charge in [-0.05, 0) is 38.0 Å². The molecule has 0 fully saturated rings. The van der Waals surface area contributed by atoms with Gasteiger partial charge in [0.25, 0.3) is 5.56 Å². The summed E-state index contributed by atoms with van der Waals surface area (Å²) in [6, 6.07) is 5.71. The van der Waals surface area contributed by atoms with Gasteiger partial charge >= 0.3 is 5.69 Å². The van der Waals surface area contributed by atoms with Crippen molar-refractivity contribution in [3.05, 3.63) is 67.9 Å². The summed E-state index contributed by atoms with van der Waals surface area (Å²) in [6.45, 7) is 4.48. The van der Waals surface area contributed by atoms with E-state index < -0.39 is 11.2 Å². The monoisotopic (exact) mass is 399 g/mol. The molecule has 9 heteroatoms. The lowest BCUT2D eigenvalue weighted by atomic mass is 10.2. The summed E-state index contributed by atoms with van der Waals surface area (Å²) in [6.07, 6.45) is 0.557. The maximum Gasteiger partial charge on any atom is 0.332 e. The Balaban J connectivity index is 2.00. The number of aromatic nitrogens is 5. The van der Waals surface area contributed by atoms with Crippen LogP contribution in [0, 0.1) is 19.7 Å². The normalized spacial score (nSPS) is 11.8. The second-order valence-electron chi connectivity index (χ2n) is 7.18. The Morgan fingerprint density at radius 2 is 1.76 bits per heavy atom. The number of aryl methyl sites for hydroxylation is 3. The number of hydrogen-bond acceptors (Lipinski definition) is 4. The van der Waals surface area contributed by atoms with Crippen LogP contribution >= 0.6 is 0 Å². The molecule has 152 valence electrons. The Kier molecular flexibility index (Phi) is 4.62. The molecule has 0 saturated carbocycles. The van der Waals surface area contributed by atoms with E-state index in [1.165, 1.54) is 16.7 Å². The standard InChI is InChI=1S/C20H22FN5O3/c1-12-13(2)26-16-17(22-19(26)24(12)9-4-10-27)23(3)20(29)25(18(16)28)11-14-5-7-15(21)8-6-14/h5-8,27H,4,9-11H2,1-3H3. The number of fused-ring (bicyclic) bond motifs is 3. The molecule has 0 spiro atoms. The number of hydrogen-bond donors (Lipinski definition) is 1. The predicted molar refractivity (Wildman–Crippen MR) is 107 cm³/mol. The zero-order valence-corrected chi connectivity index (χ0v) is 16.5. The zero-order chi connectivity index (χ0) is 20.9. The maximum absolute atomic E-state index is 13.3. The molecule has 29 heavy (non-hydrogen) atoms. The molecule has 0 aliphatic heterocycles. The second kappa shape index (κ2) is 7.00. The van der Waals surface area contributed by atoms with Crippen LogP contribution in [0.2, 0.25) is 0 Å². The fourth-order valence-corrected chi connectivity index (χ4v) is 3.72. The molecule has 1 aromatic carbocycles. The second-order valence-corrected chi connectivity index (χ2v) is 7.18. The van der Waals surface area contributed by atoms with Crippen LogP contribution in [0.1, 0.15) is 23.4 Å². The molecule has 0 radical (unpaired) electrons. The van der Waals surface area contributed by atoms with Crippen molar-refractivity contribution in [3.8, 4) is 0 Å². The Bertz CT molecular complexity index is 1340. The Morgan fingerprint density at radius 3 is 2.41 bits per heavy atom. The summed E-state index contributed by atoms with van der Waals surface area (Å²) < 4.78 is 19.4. The van der Waals surface area contributed by atoms with Gasteiger partial charge in [-0.15, -0.1) is 0 Å². The van der Waals surface area contributed by atoms with Gasteiger partial charge in [-0.2, -0.15) is 4.98 Å². The van der Waals surface area contributed by atoms with E-state index in [2.05, 4.69) is 4.98 Å². The summed E-state index contributed by atoms with van der Waals surface area (Å²) in [4.78, 5) is 30.7. The maximum atomic E-state index is 13.3. The van der Waals surface area contributed by atoms with Crippen molar-refractivity contribution in [3.63, 3.8) is 0 Å². The third kappa shape index (κ3) is 2.89. The molecular formula is C20H22FN5O3. The minimum atomic E-state index is -0.483. The fourth-order valence-electron chi connectivity index (χ4n) is 3.72. The van der Waals surface area contributed by atoms with E-state index in [0.717, 1.165) is 16.0 Å². The summed E-state index contributed by atoms with van der Waals surface area (Å²) in [5.74, 6) is 0.187. The van der Waals surface area contributed by atoms with Crippen molar-refractivity contribution >= 4 is 16.9 Å². The van der Waals surface area contributed by atoms with Crippen LogP contribution in [-0.2, 0) is 20.1 Å². The lowest BCUT2D eigenvalue weighted by Crippen LogP contribution is -2.39. The molecule has 4 rings (SSSR count). The molecule has 0 bridgehead atoms. The van der Waals surface area contributed by atoms with E-state index in [4.69, 9.17) is 0 Å². The summed E-state index contributed by atoms with van der Waals surface area (Å²) >= 11 is 0. The van der Waals surface area contributed by atoms with Crippen LogP contribution in [0.25, 0.3) is 16.9 Å². The predicted octanol–water partition coefficient (Wildman–Crippen LogP) is 1.34. The molecule has 4 aromatic rings. The first-order valence-corrected chi connectivity index (χ1v) is 9.38. The molecule has 0 unspecified atom stereocenters. The first-order valence-electron chi connectivity index (χ1n) is 9.38. The van der Waals surface area contributed by atoms with E-state index in [0.29, 0.717) is 35.5 Å². The van der Waals surface area contributed by atoms with Gasteiger partial charge < -0.3 is 9.67 Å². The number of rotatable bonds is 5. The highest BCUT2D eigenvalue weighted by Gasteiger charge is 2.22. The van der Waals surface area contributed by atoms with Gasteiger partial charge in [0.15, 0.2) is 11.2 Å². The van der Waals surface area contributed by atoms with Crippen molar-refractivity contribution in [1.29, 1.82) is 0 Å². The van der Waals surface area contributed by atoms with Crippen molar-refractivity contribution in [1.82, 2.24) is 23.1 Å². The van der Waals surface area contributed by atoms with Crippen LogP contribution in [0.4, 0.5) is 4.39 Å². The first kappa shape index (κ1) is 19.1. The van der Waals surface area contributed by atoms with Gasteiger partial charge in [0, 0.05) is 31.6 Å². The van der Waals surface area contributed by atoms with Gasteiger partial charge in [-0.25, -0.2) is 9.18 Å². The number of aliphatic hydroxyl groups excluding tert-OH is 1. The van der Waals surface area contributed by atoms with E-state index in [1.807, 2.05) is 18.4 Å². The lowest BCUT2D eigenvalue weighted by molar-refractivity contribution is 0.280. The molecule has 0 aliphatic rings. The smallest absolute Gasteiger partial charge is 0.332 e. The van der Waals surface area contributed by atoms with Crippen LogP contribution in [0.5, 0.6) is 0 Å². The summed E-state index contributed by atoms with van der Waals surface area (Å²) in [5.41, 5.74) is 2.16. The van der Waals surface area contributed by atoms with Gasteiger partial charge in [-0.3, -0.25) is 18.3 Å². The highest BCUT2D eigenvalue weighted by Crippen LogP contribution is 2.21. The lowest BCUT2D eigenvalue weighted by Gasteiger charge is -2.09. The minimum absolute atomic E-state index is 0.0399. The van der Waals surface area contributed by atoms with Crippen molar-refractivity contribution in [2.45, 2.75) is 33.4 Å². The van der Waals surface area contributed by atoms with Crippen LogP contribution in [-0.4, -0.2) is 34.8 Å². The molecule has 1 N–H and O–H groups in total. The first-order chi connectivity index (χ1) is 13.8. The molecule has 3 aromatic heterocycles. The van der Waals surface area contributed by atoms with Crippen molar-refractivity contribution in [2.24, 2.45) is 7.05 Å². The van der Waals surface area contributed by atoms with E-state index in [1.54, 1.807) is 23.6 Å². The summed E-state index contributed by atoms with van der Waals surface area (Å²) in [7, 11) is 1.58. The van der Waals surface area contributed by atoms with Gasteiger partial charge in [-0.1, -0.05) is 12.1 Å². The van der Waals surface area contributed by atoms with Gasteiger partial charge in [0.1, 0.15) is 5.82 Å². The topological polar surface area (TPSA) is 86.5 Å². The number of nitrogens with zero attached hydrogens (tertiary/aromatic N) is 5. The number of aliphatic hydroxyl groups is 1. The Labute approximate surface area is 165 Å².